The normalized spacial score (nSPS) is 14.1. The molecule has 0 saturated carbocycles. The number of carbonyl (C=O) groups excluding carboxylic acids is 1. The third-order valence-corrected chi connectivity index (χ3v) is 6.39. The van der Waals surface area contributed by atoms with Gasteiger partial charge in [-0.15, -0.1) is 0 Å². The third-order valence-electron chi connectivity index (χ3n) is 6.06. The van der Waals surface area contributed by atoms with Crippen molar-refractivity contribution in [1.82, 2.24) is 25.1 Å². The van der Waals surface area contributed by atoms with Crippen LogP contribution in [0.4, 0.5) is 23.0 Å². The maximum Gasteiger partial charge on any atom is 0.247 e. The number of hydrogen-bond acceptors (Lipinski definition) is 8. The van der Waals surface area contributed by atoms with E-state index >= 15 is 0 Å². The third kappa shape index (κ3) is 4.81. The summed E-state index contributed by atoms with van der Waals surface area (Å²) in [7, 11) is 2.09. The van der Waals surface area contributed by atoms with E-state index in [0.29, 0.717) is 38.9 Å². The van der Waals surface area contributed by atoms with Crippen molar-refractivity contribution in [3.8, 4) is 17.0 Å². The van der Waals surface area contributed by atoms with Crippen LogP contribution in [0.2, 0.25) is 5.02 Å². The van der Waals surface area contributed by atoms with Crippen LogP contribution in [0, 0.1) is 0 Å². The fourth-order valence-electron chi connectivity index (χ4n) is 4.10. The molecule has 1 amide bonds. The molecule has 0 unspecified atom stereocenters. The second kappa shape index (κ2) is 9.84. The van der Waals surface area contributed by atoms with Crippen LogP contribution in [-0.4, -0.2) is 69.3 Å². The minimum absolute atomic E-state index is 0.223. The van der Waals surface area contributed by atoms with E-state index in [1.54, 1.807) is 36.5 Å². The summed E-state index contributed by atoms with van der Waals surface area (Å²) in [4.78, 5) is 25.5. The summed E-state index contributed by atoms with van der Waals surface area (Å²) < 4.78 is 0. The number of amides is 1. The summed E-state index contributed by atoms with van der Waals surface area (Å²) >= 11 is 6.53. The van der Waals surface area contributed by atoms with E-state index in [0.717, 1.165) is 37.6 Å². The lowest BCUT2D eigenvalue weighted by molar-refractivity contribution is -0.111. The number of aromatic hydroxyl groups is 1. The molecule has 2 aromatic heterocycles. The van der Waals surface area contributed by atoms with Crippen molar-refractivity contribution < 1.29 is 9.90 Å². The summed E-state index contributed by atoms with van der Waals surface area (Å²) in [6.45, 7) is 6.98. The Labute approximate surface area is 212 Å². The summed E-state index contributed by atoms with van der Waals surface area (Å²) in [5, 5.41) is 24.6. The van der Waals surface area contributed by atoms with Crippen LogP contribution in [0.25, 0.3) is 22.3 Å². The second-order valence-electron chi connectivity index (χ2n) is 8.53. The van der Waals surface area contributed by atoms with E-state index in [1.807, 2.05) is 6.07 Å². The number of aromatic amines is 1. The lowest BCUT2D eigenvalue weighted by Crippen LogP contribution is -2.44. The number of H-pyrrole nitrogens is 1. The molecular weight excluding hydrogens is 480 g/mol. The van der Waals surface area contributed by atoms with Crippen LogP contribution >= 0.6 is 11.6 Å². The van der Waals surface area contributed by atoms with Gasteiger partial charge in [-0.05, 0) is 49.5 Å². The van der Waals surface area contributed by atoms with Gasteiger partial charge < -0.3 is 25.5 Å². The first-order valence-electron chi connectivity index (χ1n) is 11.4. The Morgan fingerprint density at radius 3 is 2.69 bits per heavy atom. The summed E-state index contributed by atoms with van der Waals surface area (Å²) in [5.74, 6) is 0.222. The van der Waals surface area contributed by atoms with Gasteiger partial charge in [-0.1, -0.05) is 18.2 Å². The number of piperazine rings is 1. The van der Waals surface area contributed by atoms with Crippen LogP contribution < -0.4 is 15.5 Å². The molecular formula is C25H25ClN8O2. The Morgan fingerprint density at radius 2 is 1.92 bits per heavy atom. The van der Waals surface area contributed by atoms with E-state index < -0.39 is 0 Å². The number of anilines is 4. The zero-order chi connectivity index (χ0) is 25.2. The maximum atomic E-state index is 11.8. The van der Waals surface area contributed by atoms with Crippen molar-refractivity contribution in [2.24, 2.45) is 0 Å². The predicted molar refractivity (Wildman–Crippen MR) is 142 cm³/mol. The minimum Gasteiger partial charge on any atom is -0.506 e. The Kier molecular flexibility index (Phi) is 6.45. The summed E-state index contributed by atoms with van der Waals surface area (Å²) in [6.07, 6.45) is 2.83. The molecule has 0 radical (unpaired) electrons. The molecule has 0 spiro atoms. The number of halogens is 1. The van der Waals surface area contributed by atoms with E-state index in [4.69, 9.17) is 16.6 Å². The van der Waals surface area contributed by atoms with Crippen molar-refractivity contribution in [1.29, 1.82) is 0 Å². The molecule has 5 rings (SSSR count). The number of benzene rings is 2. The van der Waals surface area contributed by atoms with Gasteiger partial charge in [-0.2, -0.15) is 10.1 Å². The lowest BCUT2D eigenvalue weighted by Gasteiger charge is -2.34. The molecule has 0 bridgehead atoms. The summed E-state index contributed by atoms with van der Waals surface area (Å²) in [5.41, 5.74) is 3.72. The monoisotopic (exact) mass is 504 g/mol. The van der Waals surface area contributed by atoms with Gasteiger partial charge in [0.2, 0.25) is 11.9 Å². The van der Waals surface area contributed by atoms with Crippen molar-refractivity contribution in [3.05, 3.63) is 60.3 Å². The van der Waals surface area contributed by atoms with Crippen molar-refractivity contribution in [2.45, 2.75) is 0 Å². The van der Waals surface area contributed by atoms with Gasteiger partial charge in [0, 0.05) is 43.1 Å². The van der Waals surface area contributed by atoms with Gasteiger partial charge in [-0.3, -0.25) is 9.89 Å². The number of likely N-dealkylation sites (N-methyl/N-ethyl adjacent to an activating group) is 1. The lowest BCUT2D eigenvalue weighted by atomic mass is 10.1. The highest BCUT2D eigenvalue weighted by Crippen LogP contribution is 2.35. The van der Waals surface area contributed by atoms with E-state index in [9.17, 15) is 9.90 Å². The predicted octanol–water partition coefficient (Wildman–Crippen LogP) is 4.00. The molecule has 3 heterocycles. The first kappa shape index (κ1) is 23.6. The molecule has 1 aliphatic rings. The molecule has 1 aliphatic heterocycles. The van der Waals surface area contributed by atoms with Crippen LogP contribution in [0.1, 0.15) is 0 Å². The van der Waals surface area contributed by atoms with Crippen LogP contribution in [0.3, 0.4) is 0 Å². The van der Waals surface area contributed by atoms with Gasteiger partial charge in [-0.25, -0.2) is 4.98 Å². The minimum atomic E-state index is -0.328. The highest BCUT2D eigenvalue weighted by Gasteiger charge is 2.19. The molecule has 2 aromatic carbocycles. The van der Waals surface area contributed by atoms with Gasteiger partial charge in [0.25, 0.3) is 0 Å². The van der Waals surface area contributed by atoms with Crippen molar-refractivity contribution >= 4 is 51.6 Å². The number of phenols is 1. The van der Waals surface area contributed by atoms with Crippen LogP contribution in [-0.2, 0) is 4.79 Å². The highest BCUT2D eigenvalue weighted by molar-refractivity contribution is 6.33. The van der Waals surface area contributed by atoms with Gasteiger partial charge in [0.15, 0.2) is 5.65 Å². The van der Waals surface area contributed by atoms with E-state index in [2.05, 4.69) is 49.2 Å². The number of nitrogens with zero attached hydrogens (tertiary/aromatic N) is 5. The van der Waals surface area contributed by atoms with Gasteiger partial charge in [0.05, 0.1) is 28.0 Å². The largest absolute Gasteiger partial charge is 0.506 e. The SMILES string of the molecule is C=CC(=O)Nc1ccc(Cl)c(-c2nc(Nc3ccc(O)c(N4CCN(C)CC4)c3)nc3[nH]ncc23)c1. The topological polar surface area (TPSA) is 122 Å². The van der Waals surface area contributed by atoms with Crippen LogP contribution in [0.15, 0.2) is 55.3 Å². The van der Waals surface area contributed by atoms with Gasteiger partial charge in [0.1, 0.15) is 5.75 Å². The Hall–Kier alpha value is -4.15. The summed E-state index contributed by atoms with van der Waals surface area (Å²) in [6, 6.07) is 10.5. The second-order valence-corrected chi connectivity index (χ2v) is 8.94. The molecule has 36 heavy (non-hydrogen) atoms. The number of carbonyl (C=O) groups is 1. The molecule has 4 aromatic rings. The van der Waals surface area contributed by atoms with Crippen LogP contribution in [0.5, 0.6) is 5.75 Å². The molecule has 11 heteroatoms. The zero-order valence-corrected chi connectivity index (χ0v) is 20.4. The average Bonchev–Trinajstić information content (AvgIpc) is 3.35. The Balaban J connectivity index is 1.50. The first-order chi connectivity index (χ1) is 17.4. The number of fused-ring (bicyclic) bond motifs is 1. The number of hydrogen-bond donors (Lipinski definition) is 4. The smallest absolute Gasteiger partial charge is 0.247 e. The quantitative estimate of drug-likeness (QED) is 0.229. The molecule has 4 N–H and O–H groups in total. The van der Waals surface area contributed by atoms with Crippen molar-refractivity contribution in [3.63, 3.8) is 0 Å². The highest BCUT2D eigenvalue weighted by atomic mass is 35.5. The number of nitrogens with one attached hydrogen (secondary N) is 3. The fourth-order valence-corrected chi connectivity index (χ4v) is 4.31. The number of rotatable bonds is 6. The van der Waals surface area contributed by atoms with Gasteiger partial charge >= 0.3 is 0 Å². The number of phenolic OH excluding ortho intramolecular Hbond substituents is 1. The van der Waals surface area contributed by atoms with E-state index in [1.165, 1.54) is 6.08 Å². The molecule has 1 saturated heterocycles. The standard InChI is InChI=1S/C25H25ClN8O2/c1-3-22(36)28-15-4-6-19(26)17(12-15)23-18-14-27-32-24(18)31-25(30-23)29-16-5-7-21(35)20(13-16)34-10-8-33(2)9-11-34/h3-7,12-14,35H,1,8-11H2,2H3,(H,28,36)(H2,27,29,30,31,32). The fraction of sp³-hybridized carbons (Fsp3) is 0.200. The van der Waals surface area contributed by atoms with Crippen molar-refractivity contribution in [2.75, 3.05) is 48.8 Å². The molecule has 0 aliphatic carbocycles. The first-order valence-corrected chi connectivity index (χ1v) is 11.8. The number of aromatic nitrogens is 4. The van der Waals surface area contributed by atoms with E-state index in [-0.39, 0.29) is 11.7 Å². The molecule has 10 nitrogen and oxygen atoms in total. The maximum absolute atomic E-state index is 11.8. The Bertz CT molecular complexity index is 1450. The Morgan fingerprint density at radius 1 is 1.14 bits per heavy atom. The average molecular weight is 505 g/mol. The zero-order valence-electron chi connectivity index (χ0n) is 19.6. The molecule has 184 valence electrons. The molecule has 1 fully saturated rings. The molecule has 0 atom stereocenters.